The molecule has 0 atom stereocenters. The molecule has 0 heterocycles. The number of nitrogens with zero attached hydrogens (tertiary/aromatic N) is 1. The van der Waals surface area contributed by atoms with Crippen molar-refractivity contribution >= 4 is 47.3 Å². The van der Waals surface area contributed by atoms with Crippen LogP contribution in [0, 0.1) is 6.92 Å². The Kier molecular flexibility index (Phi) is 8.30. The van der Waals surface area contributed by atoms with Crippen molar-refractivity contribution in [1.82, 2.24) is 0 Å². The average molecular weight is 469 g/mol. The molecule has 27 heavy (non-hydrogen) atoms. The van der Waals surface area contributed by atoms with Crippen LogP contribution in [-0.2, 0) is 10.0 Å². The van der Waals surface area contributed by atoms with Gasteiger partial charge in [0.25, 0.3) is 0 Å². The summed E-state index contributed by atoms with van der Waals surface area (Å²) in [6.45, 7) is 4.05. The molecule has 6 heteroatoms. The maximum atomic E-state index is 12.8. The van der Waals surface area contributed by atoms with Crippen LogP contribution in [-0.4, -0.2) is 28.0 Å². The van der Waals surface area contributed by atoms with Crippen molar-refractivity contribution in [2.24, 2.45) is 4.40 Å². The van der Waals surface area contributed by atoms with Gasteiger partial charge in [0.05, 0.1) is 0 Å². The first kappa shape index (κ1) is 21.9. The normalized spacial score (nSPS) is 13.0. The van der Waals surface area contributed by atoms with E-state index in [1.54, 1.807) is 24.3 Å². The van der Waals surface area contributed by atoms with Gasteiger partial charge < -0.3 is 0 Å². The Balaban J connectivity index is 2.45. The first-order valence-corrected chi connectivity index (χ1v) is 13.2. The Bertz CT molecular complexity index is 918. The zero-order valence-electron chi connectivity index (χ0n) is 15.8. The van der Waals surface area contributed by atoms with Gasteiger partial charge in [0.1, 0.15) is 0 Å². The van der Waals surface area contributed by atoms with Gasteiger partial charge >= 0.3 is 174 Å². The molecule has 0 spiro atoms. The second-order valence-electron chi connectivity index (χ2n) is 6.21. The minimum absolute atomic E-state index is 0.0518. The monoisotopic (exact) mass is 469 g/mol. The number of unbranched alkanes of at least 4 members (excludes halogenated alkanes) is 1. The third kappa shape index (κ3) is 6.61. The third-order valence-electron chi connectivity index (χ3n) is 4.00. The van der Waals surface area contributed by atoms with Crippen LogP contribution in [0.4, 0.5) is 0 Å². The number of sulfonamides is 1. The molecule has 0 saturated heterocycles. The van der Waals surface area contributed by atoms with E-state index in [0.29, 0.717) is 9.63 Å². The molecule has 0 fully saturated rings. The molecule has 2 aromatic carbocycles. The second kappa shape index (κ2) is 10.2. The molecule has 0 bridgehead atoms. The van der Waals surface area contributed by atoms with Crippen LogP contribution in [0.3, 0.4) is 0 Å². The van der Waals surface area contributed by atoms with Crippen molar-refractivity contribution in [1.29, 1.82) is 0 Å². The quantitative estimate of drug-likeness (QED) is 0.365. The summed E-state index contributed by atoms with van der Waals surface area (Å²) in [6, 6.07) is 14.4. The zero-order chi connectivity index (χ0) is 19.9. The molecular formula is C21H24ClNO2SSe. The van der Waals surface area contributed by atoms with Crippen LogP contribution in [0.1, 0.15) is 37.3 Å². The number of allylic oxidation sites excluding steroid dienone is 1. The summed E-state index contributed by atoms with van der Waals surface area (Å²) in [5, 5.41) is 0.679. The summed E-state index contributed by atoms with van der Waals surface area (Å²) < 4.78 is 30.4. The van der Waals surface area contributed by atoms with Crippen molar-refractivity contribution in [2.75, 3.05) is 0 Å². The summed E-state index contributed by atoms with van der Waals surface area (Å²) in [5.74, 6) is 2.00. The minimum atomic E-state index is -3.72. The number of benzene rings is 2. The van der Waals surface area contributed by atoms with Crippen molar-refractivity contribution in [3.63, 3.8) is 0 Å². The Morgan fingerprint density at radius 2 is 1.74 bits per heavy atom. The molecule has 2 aromatic rings. The van der Waals surface area contributed by atoms with E-state index in [1.807, 2.05) is 43.1 Å². The van der Waals surface area contributed by atoms with E-state index in [4.69, 9.17) is 11.6 Å². The van der Waals surface area contributed by atoms with Gasteiger partial charge in [-0.1, -0.05) is 0 Å². The average Bonchev–Trinajstić information content (AvgIpc) is 2.65. The fraction of sp³-hybridized carbons (Fsp3) is 0.286. The predicted molar refractivity (Wildman–Crippen MR) is 116 cm³/mol. The fourth-order valence-corrected chi connectivity index (χ4v) is 5.56. The summed E-state index contributed by atoms with van der Waals surface area (Å²) in [6.07, 6.45) is 4.85. The van der Waals surface area contributed by atoms with E-state index in [0.717, 1.165) is 36.0 Å². The Labute approximate surface area is 173 Å². The van der Waals surface area contributed by atoms with Gasteiger partial charge in [-0.15, -0.1) is 0 Å². The molecule has 0 amide bonds. The number of hydrogen-bond acceptors (Lipinski definition) is 2. The van der Waals surface area contributed by atoms with Gasteiger partial charge in [-0.05, 0) is 0 Å². The number of aryl methyl sites for hydroxylation is 1. The van der Waals surface area contributed by atoms with Gasteiger partial charge in [-0.2, -0.15) is 0 Å². The van der Waals surface area contributed by atoms with Gasteiger partial charge in [-0.3, -0.25) is 0 Å². The van der Waals surface area contributed by atoms with Crippen LogP contribution < -0.4 is 0 Å². The molecule has 0 aliphatic rings. The van der Waals surface area contributed by atoms with Gasteiger partial charge in [-0.25, -0.2) is 0 Å². The van der Waals surface area contributed by atoms with Crippen molar-refractivity contribution < 1.29 is 8.42 Å². The van der Waals surface area contributed by atoms with Crippen LogP contribution in [0.25, 0.3) is 6.08 Å². The fourth-order valence-electron chi connectivity index (χ4n) is 2.47. The van der Waals surface area contributed by atoms with E-state index >= 15 is 0 Å². The van der Waals surface area contributed by atoms with Crippen LogP contribution in [0.15, 0.2) is 63.4 Å². The van der Waals surface area contributed by atoms with Gasteiger partial charge in [0.15, 0.2) is 0 Å². The number of halogens is 1. The molecule has 0 aliphatic carbocycles. The Morgan fingerprint density at radius 1 is 1.11 bits per heavy atom. The van der Waals surface area contributed by atoms with E-state index in [-0.39, 0.29) is 19.9 Å². The predicted octanol–water partition coefficient (Wildman–Crippen LogP) is 5.76. The molecule has 0 saturated carbocycles. The molecule has 0 unspecified atom stereocenters. The van der Waals surface area contributed by atoms with E-state index in [9.17, 15) is 8.42 Å². The Hall–Kier alpha value is -1.39. The van der Waals surface area contributed by atoms with Crippen molar-refractivity contribution in [3.05, 3.63) is 70.3 Å². The molecule has 0 aromatic heterocycles. The topological polar surface area (TPSA) is 46.5 Å². The van der Waals surface area contributed by atoms with E-state index < -0.39 is 10.0 Å². The van der Waals surface area contributed by atoms with Crippen LogP contribution >= 0.6 is 11.6 Å². The standard InChI is InChI=1S/C21H24ClNO2SSe/c1-4-5-6-18(15-17-9-11-19(22)12-10-17)21(27-3)23-26(24,25)20-13-7-16(2)8-14-20/h7-15H,4-6H2,1-3H3/b18-15+,23-21-. The molecule has 0 aliphatic heterocycles. The van der Waals surface area contributed by atoms with Crippen molar-refractivity contribution in [2.45, 2.75) is 43.8 Å². The van der Waals surface area contributed by atoms with E-state index in [2.05, 4.69) is 11.3 Å². The molecule has 3 nitrogen and oxygen atoms in total. The molecular weight excluding hydrogens is 445 g/mol. The first-order chi connectivity index (χ1) is 12.9. The number of rotatable bonds is 8. The molecule has 144 valence electrons. The van der Waals surface area contributed by atoms with Gasteiger partial charge in [0, 0.05) is 0 Å². The van der Waals surface area contributed by atoms with Crippen molar-refractivity contribution in [3.8, 4) is 0 Å². The molecule has 0 radical (unpaired) electrons. The molecule has 2 rings (SSSR count). The summed E-state index contributed by atoms with van der Waals surface area (Å²) in [5.41, 5.74) is 3.00. The SMILES string of the molecule is CCCCC(=C\c1ccc(Cl)cc1)/C(=N/S(=O)(=O)c1ccc(C)cc1)[Se]C. The van der Waals surface area contributed by atoms with Crippen LogP contribution in [0.2, 0.25) is 10.8 Å². The Morgan fingerprint density at radius 3 is 2.30 bits per heavy atom. The summed E-state index contributed by atoms with van der Waals surface area (Å²) >= 11 is 5.92. The molecule has 0 N–H and O–H groups in total. The number of hydrogen-bond donors (Lipinski definition) is 0. The van der Waals surface area contributed by atoms with Crippen LogP contribution in [0.5, 0.6) is 0 Å². The maximum absolute atomic E-state index is 12.8. The third-order valence-corrected chi connectivity index (χ3v) is 7.36. The van der Waals surface area contributed by atoms with E-state index in [1.165, 1.54) is 0 Å². The zero-order valence-corrected chi connectivity index (χ0v) is 19.1. The second-order valence-corrected chi connectivity index (χ2v) is 9.92. The first-order valence-electron chi connectivity index (χ1n) is 8.78. The van der Waals surface area contributed by atoms with Gasteiger partial charge in [0.2, 0.25) is 0 Å². The summed E-state index contributed by atoms with van der Waals surface area (Å²) in [4.78, 5) is 0.233. The summed E-state index contributed by atoms with van der Waals surface area (Å²) in [7, 11) is -3.72.